The van der Waals surface area contributed by atoms with Crippen molar-refractivity contribution in [2.75, 3.05) is 0 Å². The van der Waals surface area contributed by atoms with E-state index in [1.54, 1.807) is 10.9 Å². The zero-order valence-electron chi connectivity index (χ0n) is 15.5. The maximum Gasteiger partial charge on any atom is 0.287 e. The summed E-state index contributed by atoms with van der Waals surface area (Å²) in [5.41, 5.74) is 4.99. The van der Waals surface area contributed by atoms with E-state index in [2.05, 4.69) is 57.3 Å². The number of benzene rings is 3. The molecule has 3 nitrogen and oxygen atoms in total. The van der Waals surface area contributed by atoms with Gasteiger partial charge in [-0.15, -0.1) is 17.0 Å². The molecule has 0 aliphatic rings. The fourth-order valence-corrected chi connectivity index (χ4v) is 3.27. The third kappa shape index (κ3) is 5.25. The molecule has 0 fully saturated rings. The van der Waals surface area contributed by atoms with Gasteiger partial charge in [0.05, 0.1) is 6.20 Å². The minimum atomic E-state index is 0. The molecule has 29 heavy (non-hydrogen) atoms. The first-order valence-electron chi connectivity index (χ1n) is 8.99. The largest absolute Gasteiger partial charge is 0.290 e. The molecule has 0 amide bonds. The van der Waals surface area contributed by atoms with Gasteiger partial charge in [-0.2, -0.15) is 0 Å². The van der Waals surface area contributed by atoms with Crippen molar-refractivity contribution < 1.29 is 9.36 Å². The molecule has 0 bridgehead atoms. The van der Waals surface area contributed by atoms with E-state index in [4.69, 9.17) is 0 Å². The lowest BCUT2D eigenvalue weighted by Crippen LogP contribution is -2.37. The van der Waals surface area contributed by atoms with E-state index in [0.29, 0.717) is 5.56 Å². The molecule has 5 heteroatoms. The number of hydrogen-bond acceptors (Lipinski definition) is 2. The summed E-state index contributed by atoms with van der Waals surface area (Å²) in [6.07, 6.45) is 3.60. The number of aromatic nitrogens is 2. The molecule has 0 radical (unpaired) electrons. The van der Waals surface area contributed by atoms with Gasteiger partial charge in [0.25, 0.3) is 6.33 Å². The summed E-state index contributed by atoms with van der Waals surface area (Å²) in [6, 6.07) is 28.0. The lowest BCUT2D eigenvalue weighted by molar-refractivity contribution is -0.686. The molecule has 0 aliphatic carbocycles. The fraction of sp³-hybridized carbons (Fsp3) is 0.0417. The molecule has 0 saturated heterocycles. The van der Waals surface area contributed by atoms with Crippen molar-refractivity contribution in [2.45, 2.75) is 6.54 Å². The molecule has 1 heterocycles. The molecule has 4 aromatic rings. The van der Waals surface area contributed by atoms with Gasteiger partial charge in [0.1, 0.15) is 0 Å². The van der Waals surface area contributed by atoms with Crippen LogP contribution in [0.4, 0.5) is 0 Å². The maximum absolute atomic E-state index is 12.4. The summed E-state index contributed by atoms with van der Waals surface area (Å²) in [4.78, 5) is 16.9. The van der Waals surface area contributed by atoms with Crippen molar-refractivity contribution in [2.24, 2.45) is 0 Å². The van der Waals surface area contributed by atoms with Crippen molar-refractivity contribution in [3.63, 3.8) is 0 Å². The Balaban J connectivity index is 0.00000240. The smallest absolute Gasteiger partial charge is 0.287 e. The van der Waals surface area contributed by atoms with E-state index in [-0.39, 0.29) is 29.3 Å². The Morgan fingerprint density at radius 1 is 0.793 bits per heavy atom. The van der Waals surface area contributed by atoms with Crippen LogP contribution in [0.5, 0.6) is 0 Å². The lowest BCUT2D eigenvalue weighted by Gasteiger charge is -2.03. The van der Waals surface area contributed by atoms with Gasteiger partial charge < -0.3 is 0 Å². The van der Waals surface area contributed by atoms with Crippen LogP contribution < -0.4 is 4.57 Å². The Morgan fingerprint density at radius 2 is 1.41 bits per heavy atom. The first kappa shape index (κ1) is 21.1. The van der Waals surface area contributed by atoms with Gasteiger partial charge >= 0.3 is 0 Å². The van der Waals surface area contributed by atoms with Crippen LogP contribution in [0.1, 0.15) is 10.4 Å². The van der Waals surface area contributed by atoms with Crippen molar-refractivity contribution >= 4 is 38.7 Å². The third-order valence-corrected chi connectivity index (χ3v) is 5.08. The molecular weight excluding hydrogens is 492 g/mol. The second-order valence-electron chi connectivity index (χ2n) is 6.49. The van der Waals surface area contributed by atoms with Gasteiger partial charge in [0.2, 0.25) is 5.78 Å². The maximum atomic E-state index is 12.4. The number of rotatable bonds is 5. The predicted octanol–water partition coefficient (Wildman–Crippen LogP) is 5.93. The van der Waals surface area contributed by atoms with Gasteiger partial charge in [-0.25, -0.2) is 4.57 Å². The normalized spacial score (nSPS) is 10.2. The molecule has 1 aromatic heterocycles. The zero-order chi connectivity index (χ0) is 19.3. The molecule has 0 spiro atoms. The number of halogens is 2. The van der Waals surface area contributed by atoms with Crippen LogP contribution >= 0.6 is 32.9 Å². The van der Waals surface area contributed by atoms with E-state index >= 15 is 0 Å². The van der Waals surface area contributed by atoms with Gasteiger partial charge in [-0.05, 0) is 40.4 Å². The summed E-state index contributed by atoms with van der Waals surface area (Å²) < 4.78 is 2.76. The highest BCUT2D eigenvalue weighted by molar-refractivity contribution is 9.10. The lowest BCUT2D eigenvalue weighted by atomic mass is 10.0. The van der Waals surface area contributed by atoms with Crippen LogP contribution in [-0.4, -0.2) is 10.8 Å². The monoisotopic (exact) mass is 509 g/mol. The molecule has 0 saturated carbocycles. The van der Waals surface area contributed by atoms with Crippen LogP contribution in [0, 0.1) is 0 Å². The first-order chi connectivity index (χ1) is 13.7. The zero-order valence-corrected chi connectivity index (χ0v) is 18.8. The summed E-state index contributed by atoms with van der Waals surface area (Å²) in [5, 5.41) is 0. The van der Waals surface area contributed by atoms with E-state index in [9.17, 15) is 4.79 Å². The van der Waals surface area contributed by atoms with Crippen LogP contribution in [0.25, 0.3) is 22.4 Å². The standard InChI is InChI=1S/C24H18BrN2O.BrH/c25-22-12-10-21(11-13-22)24(28)16-27-15-14-23(26-17-27)20-8-6-19(7-9-20)18-4-2-1-3-5-18;/h1-15,17H,16H2;1H/q+1;. The highest BCUT2D eigenvalue weighted by atomic mass is 79.9. The van der Waals surface area contributed by atoms with Crippen LogP contribution in [0.2, 0.25) is 0 Å². The number of carbonyl (C=O) groups is 1. The second kappa shape index (κ2) is 9.72. The molecule has 0 unspecified atom stereocenters. The number of ketones is 1. The first-order valence-corrected chi connectivity index (χ1v) is 9.78. The quantitative estimate of drug-likeness (QED) is 0.246. The van der Waals surface area contributed by atoms with Crippen molar-refractivity contribution in [3.05, 3.63) is 107 Å². The molecule has 0 N–H and O–H groups in total. The van der Waals surface area contributed by atoms with E-state index in [1.807, 2.05) is 54.7 Å². The molecule has 144 valence electrons. The third-order valence-electron chi connectivity index (χ3n) is 4.55. The van der Waals surface area contributed by atoms with Gasteiger partial charge in [-0.3, -0.25) is 4.79 Å². The number of hydrogen-bond donors (Lipinski definition) is 0. The minimum absolute atomic E-state index is 0. The highest BCUT2D eigenvalue weighted by Gasteiger charge is 2.12. The number of nitrogens with zero attached hydrogens (tertiary/aromatic N) is 2. The van der Waals surface area contributed by atoms with E-state index < -0.39 is 0 Å². The predicted molar refractivity (Wildman–Crippen MR) is 124 cm³/mol. The Kier molecular flexibility index (Phi) is 7.07. The molecule has 4 rings (SSSR count). The topological polar surface area (TPSA) is 33.8 Å². The molecule has 0 atom stereocenters. The fourth-order valence-electron chi connectivity index (χ4n) is 3.01. The summed E-state index contributed by atoms with van der Waals surface area (Å²) in [7, 11) is 0. The van der Waals surface area contributed by atoms with Crippen molar-refractivity contribution in [3.8, 4) is 22.4 Å². The van der Waals surface area contributed by atoms with Crippen LogP contribution in [-0.2, 0) is 6.54 Å². The number of Topliss-reactive ketones (excluding diaryl/α,β-unsaturated/α-hetero) is 1. The van der Waals surface area contributed by atoms with E-state index in [0.717, 1.165) is 15.7 Å². The summed E-state index contributed by atoms with van der Waals surface area (Å²) >= 11 is 3.38. The Bertz CT molecular complexity index is 1080. The summed E-state index contributed by atoms with van der Waals surface area (Å²) in [6.45, 7) is 0.266. The van der Waals surface area contributed by atoms with Crippen molar-refractivity contribution in [1.82, 2.24) is 4.98 Å². The van der Waals surface area contributed by atoms with Gasteiger partial charge in [0.15, 0.2) is 12.2 Å². The van der Waals surface area contributed by atoms with Gasteiger partial charge in [0, 0.05) is 21.7 Å². The average molecular weight is 511 g/mol. The Labute approximate surface area is 189 Å². The van der Waals surface area contributed by atoms with E-state index in [1.165, 1.54) is 11.1 Å². The second-order valence-corrected chi connectivity index (χ2v) is 7.41. The highest BCUT2D eigenvalue weighted by Crippen LogP contribution is 2.23. The van der Waals surface area contributed by atoms with Crippen LogP contribution in [0.15, 0.2) is 102 Å². The molecule has 0 aliphatic heterocycles. The summed E-state index contributed by atoms with van der Waals surface area (Å²) in [5.74, 6) is 0.0549. The van der Waals surface area contributed by atoms with Crippen LogP contribution in [0.3, 0.4) is 0 Å². The van der Waals surface area contributed by atoms with Gasteiger partial charge in [-0.1, -0.05) is 70.5 Å². The minimum Gasteiger partial charge on any atom is -0.290 e. The van der Waals surface area contributed by atoms with Crippen molar-refractivity contribution in [1.29, 1.82) is 0 Å². The Morgan fingerprint density at radius 3 is 2.03 bits per heavy atom. The SMILES string of the molecule is Br.O=C(C[n+]1ccc(-c2ccc(-c3ccccc3)cc2)nc1)c1ccc(Br)cc1. The molecular formula is C24H19Br2N2O+. The molecule has 3 aromatic carbocycles. The number of carbonyl (C=O) groups excluding carboxylic acids is 1. The Hall–Kier alpha value is -2.63. The average Bonchev–Trinajstić information content (AvgIpc) is 2.75.